The van der Waals surface area contributed by atoms with Gasteiger partial charge in [0, 0.05) is 11.8 Å². The van der Waals surface area contributed by atoms with Crippen molar-refractivity contribution < 1.29 is 9.26 Å². The molecule has 0 heterocycles. The maximum absolute atomic E-state index is 5.51. The Morgan fingerprint density at radius 2 is 2.09 bits per heavy atom. The van der Waals surface area contributed by atoms with Crippen molar-refractivity contribution in [3.63, 3.8) is 0 Å². The number of nitrogens with two attached hydrogens (primary N) is 1. The summed E-state index contributed by atoms with van der Waals surface area (Å²) >= 11 is 0. The molecule has 1 atom stereocenters. The van der Waals surface area contributed by atoms with Crippen molar-refractivity contribution in [2.45, 2.75) is 0 Å². The Morgan fingerprint density at radius 3 is 2.64 bits per heavy atom. The lowest BCUT2D eigenvalue weighted by molar-refractivity contribution is 0.399. The van der Waals surface area contributed by atoms with Gasteiger partial charge in [-0.3, -0.25) is 0 Å². The largest absolute Gasteiger partial charge is 0.493 e. The summed E-state index contributed by atoms with van der Waals surface area (Å²) in [5.41, 5.74) is 6.17. The van der Waals surface area contributed by atoms with Gasteiger partial charge >= 0.3 is 0 Å². The maximum Gasteiger partial charge on any atom is 0.166 e. The van der Waals surface area contributed by atoms with E-state index in [0.717, 1.165) is 0 Å². The molecule has 1 aromatic carbocycles. The van der Waals surface area contributed by atoms with Gasteiger partial charge in [0.15, 0.2) is 11.5 Å². The summed E-state index contributed by atoms with van der Waals surface area (Å²) in [4.78, 5) is 0. The molecule has 0 saturated carbocycles. The van der Waals surface area contributed by atoms with Crippen LogP contribution in [0.3, 0.4) is 0 Å². The van der Waals surface area contributed by atoms with Crippen LogP contribution in [0.5, 0.6) is 11.5 Å². The second-order valence-corrected chi connectivity index (χ2v) is 2.26. The number of hydrogen-bond donors (Lipinski definition) is 1. The second-order valence-electron chi connectivity index (χ2n) is 2.03. The van der Waals surface area contributed by atoms with Gasteiger partial charge in [0.25, 0.3) is 0 Å². The molecule has 0 aliphatic carbocycles. The molecule has 0 radical (unpaired) electrons. The average Bonchev–Trinajstić information content (AvgIpc) is 2.04. The second kappa shape index (κ2) is 3.44. The van der Waals surface area contributed by atoms with Crippen molar-refractivity contribution in [2.24, 2.45) is 0 Å². The third kappa shape index (κ3) is 1.75. The van der Waals surface area contributed by atoms with Gasteiger partial charge in [0.2, 0.25) is 0 Å². The van der Waals surface area contributed by atoms with Crippen molar-refractivity contribution in [1.82, 2.24) is 0 Å². The predicted octanol–water partition coefficient (Wildman–Crippen LogP) is 1.45. The molecule has 1 aromatic rings. The van der Waals surface area contributed by atoms with E-state index < -0.39 is 0 Å². The SMILES string of the molecule is COc1ccc(N)cc1OP. The first-order chi connectivity index (χ1) is 5.27. The third-order valence-electron chi connectivity index (χ3n) is 1.31. The van der Waals surface area contributed by atoms with Crippen LogP contribution in [-0.4, -0.2) is 7.11 Å². The van der Waals surface area contributed by atoms with Crippen LogP contribution in [-0.2, 0) is 0 Å². The number of ether oxygens (including phenoxy) is 1. The van der Waals surface area contributed by atoms with Crippen molar-refractivity contribution in [2.75, 3.05) is 12.8 Å². The Bertz CT molecular complexity index is 252. The van der Waals surface area contributed by atoms with Crippen LogP contribution in [0.2, 0.25) is 0 Å². The molecule has 1 rings (SSSR count). The molecular weight excluding hydrogens is 161 g/mol. The molecule has 3 nitrogen and oxygen atoms in total. The highest BCUT2D eigenvalue weighted by atomic mass is 31.0. The molecule has 1 unspecified atom stereocenters. The van der Waals surface area contributed by atoms with Crippen molar-refractivity contribution >= 4 is 15.2 Å². The minimum Gasteiger partial charge on any atom is -0.493 e. The van der Waals surface area contributed by atoms with E-state index in [4.69, 9.17) is 15.0 Å². The number of benzene rings is 1. The molecule has 11 heavy (non-hydrogen) atoms. The molecule has 0 bridgehead atoms. The van der Waals surface area contributed by atoms with Gasteiger partial charge in [0.1, 0.15) is 0 Å². The lowest BCUT2D eigenvalue weighted by Gasteiger charge is -2.06. The highest BCUT2D eigenvalue weighted by Crippen LogP contribution is 2.29. The lowest BCUT2D eigenvalue weighted by Crippen LogP contribution is -1.89. The standard InChI is InChI=1S/C7H10NO2P/c1-9-6-3-2-5(8)4-7(6)10-11/h2-4H,8,11H2,1H3. The van der Waals surface area contributed by atoms with E-state index in [1.165, 1.54) is 0 Å². The molecule has 0 aliphatic heterocycles. The predicted molar refractivity (Wildman–Crippen MR) is 47.7 cm³/mol. The Morgan fingerprint density at radius 1 is 1.36 bits per heavy atom. The summed E-state index contributed by atoms with van der Waals surface area (Å²) in [6, 6.07) is 5.21. The van der Waals surface area contributed by atoms with Crippen LogP contribution < -0.4 is 15.0 Å². The smallest absolute Gasteiger partial charge is 0.166 e. The number of anilines is 1. The van der Waals surface area contributed by atoms with Gasteiger partial charge in [-0.05, 0) is 12.1 Å². The monoisotopic (exact) mass is 171 g/mol. The first kappa shape index (κ1) is 8.15. The van der Waals surface area contributed by atoms with Crippen molar-refractivity contribution in [1.29, 1.82) is 0 Å². The van der Waals surface area contributed by atoms with E-state index in [2.05, 4.69) is 9.47 Å². The summed E-state index contributed by atoms with van der Waals surface area (Å²) in [6.07, 6.45) is 0. The quantitative estimate of drug-likeness (QED) is 0.541. The lowest BCUT2D eigenvalue weighted by atomic mass is 10.3. The van der Waals surface area contributed by atoms with E-state index in [1.54, 1.807) is 25.3 Å². The van der Waals surface area contributed by atoms with Crippen LogP contribution in [0.25, 0.3) is 0 Å². The summed E-state index contributed by atoms with van der Waals surface area (Å²) < 4.78 is 9.93. The highest BCUT2D eigenvalue weighted by Gasteiger charge is 2.01. The Labute approximate surface area is 67.8 Å². The van der Waals surface area contributed by atoms with Crippen molar-refractivity contribution in [3.05, 3.63) is 18.2 Å². The normalized spacial score (nSPS) is 9.27. The van der Waals surface area contributed by atoms with Gasteiger partial charge in [0.05, 0.1) is 16.6 Å². The van der Waals surface area contributed by atoms with Gasteiger partial charge in [-0.25, -0.2) is 0 Å². The number of rotatable bonds is 2. The first-order valence-corrected chi connectivity index (χ1v) is 3.55. The number of nitrogen functional groups attached to an aromatic ring is 1. The van der Waals surface area contributed by atoms with Gasteiger partial charge in [-0.1, -0.05) is 0 Å². The fourth-order valence-corrected chi connectivity index (χ4v) is 0.970. The zero-order valence-corrected chi connectivity index (χ0v) is 7.36. The zero-order chi connectivity index (χ0) is 8.27. The fourth-order valence-electron chi connectivity index (χ4n) is 0.785. The summed E-state index contributed by atoms with van der Waals surface area (Å²) in [5.74, 6) is 1.30. The Balaban J connectivity index is 3.06. The topological polar surface area (TPSA) is 44.5 Å². The third-order valence-corrected chi connectivity index (χ3v) is 1.57. The molecule has 0 aliphatic rings. The van der Waals surface area contributed by atoms with E-state index in [0.29, 0.717) is 17.2 Å². The molecule has 0 spiro atoms. The van der Waals surface area contributed by atoms with Gasteiger partial charge in [-0.15, -0.1) is 0 Å². The van der Waals surface area contributed by atoms with Crippen LogP contribution in [0.4, 0.5) is 5.69 Å². The van der Waals surface area contributed by atoms with Gasteiger partial charge in [-0.2, -0.15) is 0 Å². The fraction of sp³-hybridized carbons (Fsp3) is 0.143. The van der Waals surface area contributed by atoms with Crippen LogP contribution in [0.1, 0.15) is 0 Å². The molecule has 0 aromatic heterocycles. The maximum atomic E-state index is 5.51. The van der Waals surface area contributed by atoms with Gasteiger partial charge < -0.3 is 15.0 Å². The summed E-state index contributed by atoms with van der Waals surface area (Å²) in [6.45, 7) is 0. The van der Waals surface area contributed by atoms with E-state index >= 15 is 0 Å². The summed E-state index contributed by atoms with van der Waals surface area (Å²) in [7, 11) is 3.73. The minimum absolute atomic E-state index is 0.623. The molecule has 2 N–H and O–H groups in total. The number of hydrogen-bond acceptors (Lipinski definition) is 3. The van der Waals surface area contributed by atoms with E-state index in [-0.39, 0.29) is 0 Å². The Kier molecular flexibility index (Phi) is 2.55. The van der Waals surface area contributed by atoms with Crippen LogP contribution >= 0.6 is 9.47 Å². The minimum atomic E-state index is 0.623. The number of methoxy groups -OCH3 is 1. The molecule has 4 heteroatoms. The van der Waals surface area contributed by atoms with Crippen molar-refractivity contribution in [3.8, 4) is 11.5 Å². The Hall–Kier alpha value is -0.950. The van der Waals surface area contributed by atoms with Crippen LogP contribution in [0.15, 0.2) is 18.2 Å². The molecule has 0 amide bonds. The average molecular weight is 171 g/mol. The molecule has 0 fully saturated rings. The first-order valence-electron chi connectivity index (χ1n) is 3.08. The molecule has 0 saturated heterocycles. The molecule has 60 valence electrons. The molecular formula is C7H10NO2P. The van der Waals surface area contributed by atoms with E-state index in [1.807, 2.05) is 0 Å². The zero-order valence-electron chi connectivity index (χ0n) is 6.20. The highest BCUT2D eigenvalue weighted by molar-refractivity contribution is 7.10. The van der Waals surface area contributed by atoms with Crippen LogP contribution in [0, 0.1) is 0 Å². The van der Waals surface area contributed by atoms with E-state index in [9.17, 15) is 0 Å². The summed E-state index contributed by atoms with van der Waals surface area (Å²) in [5, 5.41) is 0.